The lowest BCUT2D eigenvalue weighted by molar-refractivity contribution is -0.0906. The van der Waals surface area contributed by atoms with Crippen LogP contribution in [0, 0.1) is 12.3 Å². The van der Waals surface area contributed by atoms with Gasteiger partial charge in [-0.25, -0.2) is 14.8 Å². The number of thioether (sulfide) groups is 1. The first-order chi connectivity index (χ1) is 13.5. The molecule has 1 spiro atoms. The molecular formula is C20H25BrN4O3S. The van der Waals surface area contributed by atoms with Crippen LogP contribution in [0.5, 0.6) is 0 Å². The predicted octanol–water partition coefficient (Wildman–Crippen LogP) is 4.16. The molecule has 0 radical (unpaired) electrons. The highest BCUT2D eigenvalue weighted by atomic mass is 79.9. The molecule has 1 saturated heterocycles. The molecule has 2 aromatic rings. The van der Waals surface area contributed by atoms with E-state index in [-0.39, 0.29) is 23.1 Å². The third-order valence-electron chi connectivity index (χ3n) is 5.70. The molecule has 0 atom stereocenters. The fourth-order valence-electron chi connectivity index (χ4n) is 4.32. The molecule has 156 valence electrons. The highest BCUT2D eigenvalue weighted by Crippen LogP contribution is 2.54. The molecule has 3 heterocycles. The molecule has 0 N–H and O–H groups in total. The van der Waals surface area contributed by atoms with Crippen molar-refractivity contribution in [1.82, 2.24) is 19.4 Å². The summed E-state index contributed by atoms with van der Waals surface area (Å²) in [6.07, 6.45) is 5.18. The molecule has 2 fully saturated rings. The van der Waals surface area contributed by atoms with Crippen molar-refractivity contribution in [3.63, 3.8) is 0 Å². The number of likely N-dealkylation sites (tertiary alicyclic amines) is 1. The van der Waals surface area contributed by atoms with E-state index < -0.39 is 5.60 Å². The molecule has 1 saturated carbocycles. The first-order valence-electron chi connectivity index (χ1n) is 9.63. The summed E-state index contributed by atoms with van der Waals surface area (Å²) in [6, 6.07) is 0.0762. The van der Waals surface area contributed by atoms with Crippen molar-refractivity contribution in [3.8, 4) is 0 Å². The molecular weight excluding hydrogens is 456 g/mol. The van der Waals surface area contributed by atoms with E-state index in [0.717, 1.165) is 23.8 Å². The van der Waals surface area contributed by atoms with Crippen LogP contribution in [0.25, 0.3) is 11.0 Å². The summed E-state index contributed by atoms with van der Waals surface area (Å²) in [6.45, 7) is 8.89. The molecule has 1 amide bonds. The van der Waals surface area contributed by atoms with Crippen LogP contribution in [0.4, 0.5) is 4.79 Å². The van der Waals surface area contributed by atoms with Crippen molar-refractivity contribution in [3.05, 3.63) is 26.6 Å². The Labute approximate surface area is 182 Å². The van der Waals surface area contributed by atoms with Crippen molar-refractivity contribution in [2.75, 3.05) is 19.3 Å². The van der Waals surface area contributed by atoms with Crippen LogP contribution in [-0.2, 0) is 4.74 Å². The number of amides is 1. The zero-order valence-corrected chi connectivity index (χ0v) is 19.7. The van der Waals surface area contributed by atoms with Gasteiger partial charge in [0.05, 0.1) is 4.47 Å². The molecule has 2 aromatic heterocycles. The van der Waals surface area contributed by atoms with E-state index >= 15 is 0 Å². The molecule has 0 bridgehead atoms. The molecule has 2 aliphatic rings. The van der Waals surface area contributed by atoms with Crippen LogP contribution in [0.2, 0.25) is 0 Å². The second-order valence-electron chi connectivity index (χ2n) is 9.11. The molecule has 0 unspecified atom stereocenters. The highest BCUT2D eigenvalue weighted by Gasteiger charge is 2.55. The summed E-state index contributed by atoms with van der Waals surface area (Å²) in [5, 5.41) is 1.54. The summed E-state index contributed by atoms with van der Waals surface area (Å²) in [4.78, 5) is 36.0. The van der Waals surface area contributed by atoms with Gasteiger partial charge in [0.15, 0.2) is 5.16 Å². The minimum absolute atomic E-state index is 0.0519. The number of rotatable bonds is 2. The Hall–Kier alpha value is -1.61. The normalized spacial score (nSPS) is 18.6. The van der Waals surface area contributed by atoms with Gasteiger partial charge in [-0.15, -0.1) is 0 Å². The minimum Gasteiger partial charge on any atom is -0.444 e. The predicted molar refractivity (Wildman–Crippen MR) is 117 cm³/mol. The van der Waals surface area contributed by atoms with E-state index in [9.17, 15) is 9.59 Å². The number of fused-ring (bicyclic) bond motifs is 1. The molecule has 9 heteroatoms. The third-order valence-corrected chi connectivity index (χ3v) is 7.20. The van der Waals surface area contributed by atoms with E-state index in [2.05, 4.69) is 25.9 Å². The number of ether oxygens (including phenoxy) is 1. The average Bonchev–Trinajstić information content (AvgIpc) is 2.57. The summed E-state index contributed by atoms with van der Waals surface area (Å²) < 4.78 is 7.83. The van der Waals surface area contributed by atoms with Crippen LogP contribution in [0.15, 0.2) is 20.6 Å². The van der Waals surface area contributed by atoms with Crippen LogP contribution in [0.1, 0.15) is 45.2 Å². The molecule has 4 rings (SSSR count). The Balaban J connectivity index is 1.56. The number of hydrogen-bond donors (Lipinski definition) is 0. The summed E-state index contributed by atoms with van der Waals surface area (Å²) in [5.74, 6) is 0. The molecule has 0 aromatic carbocycles. The Kier molecular flexibility index (Phi) is 4.97. The van der Waals surface area contributed by atoms with Gasteiger partial charge in [-0.2, -0.15) is 0 Å². The van der Waals surface area contributed by atoms with Crippen molar-refractivity contribution >= 4 is 44.8 Å². The van der Waals surface area contributed by atoms with Crippen LogP contribution in [-0.4, -0.2) is 50.5 Å². The van der Waals surface area contributed by atoms with E-state index in [1.54, 1.807) is 11.1 Å². The van der Waals surface area contributed by atoms with Gasteiger partial charge in [0.1, 0.15) is 11.2 Å². The Bertz CT molecular complexity index is 1050. The Morgan fingerprint density at radius 2 is 2.00 bits per heavy atom. The number of nitrogens with zero attached hydrogens (tertiary/aromatic N) is 4. The summed E-state index contributed by atoms with van der Waals surface area (Å²) in [5.41, 5.74) is 1.10. The van der Waals surface area contributed by atoms with Gasteiger partial charge in [-0.1, -0.05) is 11.8 Å². The van der Waals surface area contributed by atoms with Gasteiger partial charge in [-0.05, 0) is 68.3 Å². The van der Waals surface area contributed by atoms with Gasteiger partial charge in [0.2, 0.25) is 0 Å². The van der Waals surface area contributed by atoms with Gasteiger partial charge in [-0.3, -0.25) is 9.36 Å². The van der Waals surface area contributed by atoms with E-state index in [0.29, 0.717) is 28.4 Å². The van der Waals surface area contributed by atoms with Crippen molar-refractivity contribution in [1.29, 1.82) is 0 Å². The monoisotopic (exact) mass is 480 g/mol. The fraction of sp³-hybridized carbons (Fsp3) is 0.600. The van der Waals surface area contributed by atoms with Gasteiger partial charge < -0.3 is 9.64 Å². The maximum Gasteiger partial charge on any atom is 0.410 e. The first kappa shape index (κ1) is 20.7. The number of hydrogen-bond acceptors (Lipinski definition) is 6. The largest absolute Gasteiger partial charge is 0.444 e. The van der Waals surface area contributed by atoms with Gasteiger partial charge in [0, 0.05) is 36.1 Å². The molecule has 1 aliphatic heterocycles. The number of carbonyl (C=O) groups excluding carboxylic acids is 1. The second kappa shape index (κ2) is 6.97. The second-order valence-corrected chi connectivity index (χ2v) is 10.7. The third kappa shape index (κ3) is 3.56. The topological polar surface area (TPSA) is 77.3 Å². The summed E-state index contributed by atoms with van der Waals surface area (Å²) >= 11 is 4.92. The molecule has 1 aliphatic carbocycles. The Morgan fingerprint density at radius 3 is 2.59 bits per heavy atom. The fourth-order valence-corrected chi connectivity index (χ4v) is 5.06. The summed E-state index contributed by atoms with van der Waals surface area (Å²) in [7, 11) is 0. The SMILES string of the molecule is CSc1ncc2c(C)c(Br)c(=O)n(C3CC4(C3)CN(C(=O)OC(C)(C)C)C4)c2n1. The van der Waals surface area contributed by atoms with E-state index in [1.807, 2.05) is 38.5 Å². The zero-order chi connectivity index (χ0) is 21.1. The lowest BCUT2D eigenvalue weighted by atomic mass is 9.60. The number of halogens is 1. The Morgan fingerprint density at radius 1 is 1.34 bits per heavy atom. The maximum atomic E-state index is 13.0. The number of aromatic nitrogens is 3. The van der Waals surface area contributed by atoms with E-state index in [4.69, 9.17) is 4.74 Å². The lowest BCUT2D eigenvalue weighted by Crippen LogP contribution is -2.64. The lowest BCUT2D eigenvalue weighted by Gasteiger charge is -2.58. The van der Waals surface area contributed by atoms with Crippen LogP contribution >= 0.6 is 27.7 Å². The average molecular weight is 481 g/mol. The molecule has 29 heavy (non-hydrogen) atoms. The minimum atomic E-state index is -0.489. The number of pyridine rings is 1. The first-order valence-corrected chi connectivity index (χ1v) is 11.6. The van der Waals surface area contributed by atoms with Gasteiger partial charge in [0.25, 0.3) is 5.56 Å². The number of carbonyl (C=O) groups is 1. The van der Waals surface area contributed by atoms with E-state index in [1.165, 1.54) is 11.8 Å². The van der Waals surface area contributed by atoms with Crippen molar-refractivity contribution in [2.45, 2.75) is 57.3 Å². The maximum absolute atomic E-state index is 13.0. The molecule has 7 nitrogen and oxygen atoms in total. The highest BCUT2D eigenvalue weighted by molar-refractivity contribution is 9.10. The quantitative estimate of drug-likeness (QED) is 0.474. The van der Waals surface area contributed by atoms with Crippen LogP contribution < -0.4 is 5.56 Å². The van der Waals surface area contributed by atoms with Gasteiger partial charge >= 0.3 is 6.09 Å². The van der Waals surface area contributed by atoms with Crippen molar-refractivity contribution < 1.29 is 9.53 Å². The van der Waals surface area contributed by atoms with Crippen LogP contribution in [0.3, 0.4) is 0 Å². The number of aryl methyl sites for hydroxylation is 1. The smallest absolute Gasteiger partial charge is 0.410 e. The zero-order valence-electron chi connectivity index (χ0n) is 17.3. The standard InChI is InChI=1S/C20H25BrN4O3S/c1-11-13-8-22-17(29-5)23-15(13)25(16(26)14(11)21)12-6-20(7-12)9-24(10-20)18(27)28-19(2,3)4/h8,12H,6-7,9-10H2,1-5H3. The van der Waals surface area contributed by atoms with Crippen molar-refractivity contribution in [2.24, 2.45) is 5.41 Å².